The minimum Gasteiger partial charge on any atom is -0.325 e. The number of nitrogens with one attached hydrogen (secondary N) is 1. The zero-order valence-electron chi connectivity index (χ0n) is 8.79. The maximum absolute atomic E-state index is 11.8. The molecule has 0 bridgehead atoms. The van der Waals surface area contributed by atoms with Gasteiger partial charge in [0.1, 0.15) is 0 Å². The maximum atomic E-state index is 11.8. The highest BCUT2D eigenvalue weighted by molar-refractivity contribution is 5.98. The molecule has 0 radical (unpaired) electrons. The molecule has 0 saturated carbocycles. The van der Waals surface area contributed by atoms with Crippen molar-refractivity contribution in [2.75, 3.05) is 5.32 Å². The summed E-state index contributed by atoms with van der Waals surface area (Å²) in [5.74, 6) is 0.385. The molecule has 0 fully saturated rings. The third kappa shape index (κ3) is 1.14. The Kier molecular flexibility index (Phi) is 1.88. The van der Waals surface area contributed by atoms with Crippen LogP contribution in [0, 0.1) is 5.41 Å². The lowest BCUT2D eigenvalue weighted by atomic mass is 9.72. The topological polar surface area (TPSA) is 29.1 Å². The second kappa shape index (κ2) is 2.84. The Morgan fingerprint density at radius 3 is 2.64 bits per heavy atom. The van der Waals surface area contributed by atoms with E-state index in [1.807, 2.05) is 32.0 Å². The summed E-state index contributed by atoms with van der Waals surface area (Å²) in [6.07, 6.45) is 0. The van der Waals surface area contributed by atoms with Crippen LogP contribution in [0.25, 0.3) is 0 Å². The van der Waals surface area contributed by atoms with Crippen molar-refractivity contribution in [1.82, 2.24) is 0 Å². The standard InChI is InChI=1S/C12H15NO/c1-8-9-6-4-5-7-10(9)13-11(14)12(8,2)3/h4-8H,1-3H3,(H,13,14)/t8-/m0/s1. The molecule has 0 aliphatic carbocycles. The van der Waals surface area contributed by atoms with Crippen molar-refractivity contribution in [1.29, 1.82) is 0 Å². The first-order valence-corrected chi connectivity index (χ1v) is 4.94. The SMILES string of the molecule is C[C@H]1c2ccccc2NC(=O)C1(C)C. The van der Waals surface area contributed by atoms with Gasteiger partial charge in [0.2, 0.25) is 5.91 Å². The first-order chi connectivity index (χ1) is 6.53. The van der Waals surface area contributed by atoms with Crippen LogP contribution in [0.3, 0.4) is 0 Å². The van der Waals surface area contributed by atoms with Crippen LogP contribution in [0.4, 0.5) is 5.69 Å². The van der Waals surface area contributed by atoms with E-state index in [2.05, 4.69) is 18.3 Å². The second-order valence-electron chi connectivity index (χ2n) is 4.48. The number of rotatable bonds is 0. The third-order valence-electron chi connectivity index (χ3n) is 3.34. The summed E-state index contributed by atoms with van der Waals surface area (Å²) in [4.78, 5) is 11.8. The van der Waals surface area contributed by atoms with Crippen LogP contribution in [-0.2, 0) is 4.79 Å². The smallest absolute Gasteiger partial charge is 0.230 e. The minimum atomic E-state index is -0.311. The molecule has 2 nitrogen and oxygen atoms in total. The van der Waals surface area contributed by atoms with E-state index in [-0.39, 0.29) is 17.2 Å². The summed E-state index contributed by atoms with van der Waals surface area (Å²) < 4.78 is 0. The molecule has 1 aliphatic rings. The highest BCUT2D eigenvalue weighted by atomic mass is 16.2. The van der Waals surface area contributed by atoms with Crippen molar-refractivity contribution in [3.63, 3.8) is 0 Å². The fraction of sp³-hybridized carbons (Fsp3) is 0.417. The first kappa shape index (κ1) is 9.25. The van der Waals surface area contributed by atoms with Crippen LogP contribution in [0.5, 0.6) is 0 Å². The molecule has 0 unspecified atom stereocenters. The molecule has 1 N–H and O–H groups in total. The van der Waals surface area contributed by atoms with Gasteiger partial charge < -0.3 is 5.32 Å². The fourth-order valence-corrected chi connectivity index (χ4v) is 1.86. The number of para-hydroxylation sites is 1. The van der Waals surface area contributed by atoms with Crippen LogP contribution < -0.4 is 5.32 Å². The molecule has 74 valence electrons. The molecule has 1 aromatic carbocycles. The van der Waals surface area contributed by atoms with E-state index in [1.165, 1.54) is 5.56 Å². The van der Waals surface area contributed by atoms with Crippen LogP contribution in [-0.4, -0.2) is 5.91 Å². The van der Waals surface area contributed by atoms with Crippen molar-refractivity contribution in [2.45, 2.75) is 26.7 Å². The van der Waals surface area contributed by atoms with E-state index in [0.717, 1.165) is 5.69 Å². The fourth-order valence-electron chi connectivity index (χ4n) is 1.86. The monoisotopic (exact) mass is 189 g/mol. The Labute approximate surface area is 84.3 Å². The lowest BCUT2D eigenvalue weighted by Crippen LogP contribution is -2.39. The van der Waals surface area contributed by atoms with E-state index >= 15 is 0 Å². The summed E-state index contributed by atoms with van der Waals surface area (Å²) in [5, 5.41) is 2.94. The lowest BCUT2D eigenvalue weighted by molar-refractivity contribution is -0.125. The number of anilines is 1. The summed E-state index contributed by atoms with van der Waals surface area (Å²) in [6, 6.07) is 8.01. The Balaban J connectivity index is 2.55. The third-order valence-corrected chi connectivity index (χ3v) is 3.34. The predicted octanol–water partition coefficient (Wildman–Crippen LogP) is 2.77. The molecule has 1 aliphatic heterocycles. The van der Waals surface area contributed by atoms with Crippen LogP contribution in [0.15, 0.2) is 24.3 Å². The lowest BCUT2D eigenvalue weighted by Gasteiger charge is -2.36. The Bertz CT molecular complexity index is 382. The molecule has 1 atom stereocenters. The molecule has 2 rings (SSSR count). The molecule has 1 amide bonds. The molecule has 14 heavy (non-hydrogen) atoms. The Hall–Kier alpha value is -1.31. The van der Waals surface area contributed by atoms with Gasteiger partial charge in [-0.1, -0.05) is 39.0 Å². The number of carbonyl (C=O) groups excluding carboxylic acids is 1. The normalized spacial score (nSPS) is 23.9. The molecular formula is C12H15NO. The maximum Gasteiger partial charge on any atom is 0.230 e. The van der Waals surface area contributed by atoms with E-state index in [9.17, 15) is 4.79 Å². The van der Waals surface area contributed by atoms with Crippen LogP contribution >= 0.6 is 0 Å². The van der Waals surface area contributed by atoms with Gasteiger partial charge in [-0.15, -0.1) is 0 Å². The number of amides is 1. The molecule has 0 saturated heterocycles. The molecule has 1 aromatic rings. The zero-order valence-corrected chi connectivity index (χ0v) is 8.79. The molecule has 2 heteroatoms. The van der Waals surface area contributed by atoms with Gasteiger partial charge in [-0.05, 0) is 17.5 Å². The van der Waals surface area contributed by atoms with E-state index < -0.39 is 0 Å². The van der Waals surface area contributed by atoms with E-state index in [4.69, 9.17) is 0 Å². The largest absolute Gasteiger partial charge is 0.325 e. The van der Waals surface area contributed by atoms with Crippen LogP contribution in [0.1, 0.15) is 32.3 Å². The summed E-state index contributed by atoms with van der Waals surface area (Å²) in [7, 11) is 0. The average molecular weight is 189 g/mol. The van der Waals surface area contributed by atoms with Gasteiger partial charge >= 0.3 is 0 Å². The van der Waals surface area contributed by atoms with Crippen molar-refractivity contribution in [2.24, 2.45) is 5.41 Å². The molecule has 1 heterocycles. The van der Waals surface area contributed by atoms with Gasteiger partial charge in [-0.3, -0.25) is 4.79 Å². The van der Waals surface area contributed by atoms with Gasteiger partial charge in [0.05, 0.1) is 5.41 Å². The Morgan fingerprint density at radius 1 is 1.29 bits per heavy atom. The minimum absolute atomic E-state index is 0.115. The van der Waals surface area contributed by atoms with Gasteiger partial charge in [-0.25, -0.2) is 0 Å². The highest BCUT2D eigenvalue weighted by Crippen LogP contribution is 2.42. The predicted molar refractivity (Wildman–Crippen MR) is 57.3 cm³/mol. The van der Waals surface area contributed by atoms with Crippen molar-refractivity contribution >= 4 is 11.6 Å². The van der Waals surface area contributed by atoms with Crippen molar-refractivity contribution < 1.29 is 4.79 Å². The highest BCUT2D eigenvalue weighted by Gasteiger charge is 2.39. The summed E-state index contributed by atoms with van der Waals surface area (Å²) in [5.41, 5.74) is 1.88. The number of fused-ring (bicyclic) bond motifs is 1. The number of benzene rings is 1. The van der Waals surface area contributed by atoms with Gasteiger partial charge in [0, 0.05) is 5.69 Å². The van der Waals surface area contributed by atoms with Crippen LogP contribution in [0.2, 0.25) is 0 Å². The molecule has 0 aromatic heterocycles. The number of hydrogen-bond donors (Lipinski definition) is 1. The zero-order chi connectivity index (χ0) is 10.3. The molecule has 0 spiro atoms. The first-order valence-electron chi connectivity index (χ1n) is 4.94. The molecular weight excluding hydrogens is 174 g/mol. The van der Waals surface area contributed by atoms with Gasteiger partial charge in [0.25, 0.3) is 0 Å². The summed E-state index contributed by atoms with van der Waals surface area (Å²) in [6.45, 7) is 6.09. The van der Waals surface area contributed by atoms with Gasteiger partial charge in [-0.2, -0.15) is 0 Å². The quantitative estimate of drug-likeness (QED) is 0.668. The average Bonchev–Trinajstić information content (AvgIpc) is 2.15. The number of hydrogen-bond acceptors (Lipinski definition) is 1. The van der Waals surface area contributed by atoms with Crippen molar-refractivity contribution in [3.05, 3.63) is 29.8 Å². The second-order valence-corrected chi connectivity index (χ2v) is 4.48. The van der Waals surface area contributed by atoms with E-state index in [0.29, 0.717) is 0 Å². The Morgan fingerprint density at radius 2 is 1.93 bits per heavy atom. The van der Waals surface area contributed by atoms with Crippen molar-refractivity contribution in [3.8, 4) is 0 Å². The summed E-state index contributed by atoms with van der Waals surface area (Å²) >= 11 is 0. The van der Waals surface area contributed by atoms with Gasteiger partial charge in [0.15, 0.2) is 0 Å². The number of carbonyl (C=O) groups is 1. The van der Waals surface area contributed by atoms with E-state index in [1.54, 1.807) is 0 Å².